The van der Waals surface area contributed by atoms with Crippen molar-refractivity contribution in [2.75, 3.05) is 38.0 Å². The number of halogens is 1. The highest BCUT2D eigenvalue weighted by atomic mass is 19.1. The summed E-state index contributed by atoms with van der Waals surface area (Å²) in [6.45, 7) is 5.78. The third kappa shape index (κ3) is 4.37. The van der Waals surface area contributed by atoms with Crippen molar-refractivity contribution in [1.29, 1.82) is 0 Å². The summed E-state index contributed by atoms with van der Waals surface area (Å²) in [5, 5.41) is 11.6. The van der Waals surface area contributed by atoms with Gasteiger partial charge in [0.2, 0.25) is 0 Å². The lowest BCUT2D eigenvalue weighted by atomic mass is 9.91. The number of benzene rings is 2. The first-order valence-corrected chi connectivity index (χ1v) is 11.7. The zero-order valence-electron chi connectivity index (χ0n) is 20.0. The van der Waals surface area contributed by atoms with Crippen molar-refractivity contribution >= 4 is 34.6 Å². The molecule has 3 aliphatic rings. The van der Waals surface area contributed by atoms with Gasteiger partial charge < -0.3 is 20.1 Å². The van der Waals surface area contributed by atoms with Crippen LogP contribution in [0.15, 0.2) is 54.3 Å². The van der Waals surface area contributed by atoms with Crippen molar-refractivity contribution in [3.8, 4) is 0 Å². The molecule has 186 valence electrons. The third-order valence-electron chi connectivity index (χ3n) is 6.72. The number of allylic oxidation sites excluding steroid dienone is 1. The first-order chi connectivity index (χ1) is 17.1. The molecule has 0 atom stereocenters. The van der Waals surface area contributed by atoms with Gasteiger partial charge in [-0.2, -0.15) is 0 Å². The molecule has 8 nitrogen and oxygen atoms in total. The van der Waals surface area contributed by atoms with Crippen molar-refractivity contribution in [3.63, 3.8) is 0 Å². The molecule has 1 saturated heterocycles. The molecular weight excluding hydrogens is 465 g/mol. The Labute approximate surface area is 207 Å². The lowest BCUT2D eigenvalue weighted by Crippen LogP contribution is -2.49. The van der Waals surface area contributed by atoms with Gasteiger partial charge in [-0.1, -0.05) is 12.1 Å². The molecule has 2 amide bonds. The number of hydrogen-bond donors (Lipinski definition) is 2. The number of carbonyl (C=O) groups is 3. The van der Waals surface area contributed by atoms with Gasteiger partial charge in [-0.15, -0.1) is 0 Å². The highest BCUT2D eigenvalue weighted by Gasteiger charge is 2.38. The standard InChI is InChI=1S/C27H26FN3O5/c1-27(2)20(14-22(36-27)24-19-8-7-18(28)13-21(19)29-25(24)34)16-3-5-17(6-4-16)26(35)31-11-9-30(10-12-31)15-23(32)33/h3-8,13-14H,9-12,15H2,1-2H3,(H,29,34)(H,32,33)/b24-22+. The molecule has 0 radical (unpaired) electrons. The first-order valence-electron chi connectivity index (χ1n) is 11.7. The Kier molecular flexibility index (Phi) is 5.88. The maximum absolute atomic E-state index is 13.6. The molecule has 0 aliphatic carbocycles. The minimum atomic E-state index is -0.871. The number of rotatable bonds is 4. The van der Waals surface area contributed by atoms with E-state index in [1.165, 1.54) is 12.1 Å². The number of carbonyl (C=O) groups excluding carboxylic acids is 2. The van der Waals surface area contributed by atoms with E-state index in [2.05, 4.69) is 5.32 Å². The molecule has 0 spiro atoms. The number of nitrogens with one attached hydrogen (secondary N) is 1. The molecule has 0 saturated carbocycles. The maximum atomic E-state index is 13.6. The summed E-state index contributed by atoms with van der Waals surface area (Å²) in [6.07, 6.45) is 1.83. The van der Waals surface area contributed by atoms with Crippen LogP contribution in [0.3, 0.4) is 0 Å². The van der Waals surface area contributed by atoms with Crippen LogP contribution in [-0.2, 0) is 14.3 Å². The second-order valence-electron chi connectivity index (χ2n) is 9.59. The zero-order valence-corrected chi connectivity index (χ0v) is 20.0. The Hall–Kier alpha value is -3.98. The maximum Gasteiger partial charge on any atom is 0.317 e. The smallest absolute Gasteiger partial charge is 0.317 e. The van der Waals surface area contributed by atoms with E-state index in [-0.39, 0.29) is 18.4 Å². The molecule has 2 N–H and O–H groups in total. The minimum absolute atomic E-state index is 0.0218. The molecule has 1 fully saturated rings. The van der Waals surface area contributed by atoms with Gasteiger partial charge in [0, 0.05) is 42.9 Å². The highest BCUT2D eigenvalue weighted by molar-refractivity contribution is 6.32. The largest absolute Gasteiger partial charge is 0.482 e. The van der Waals surface area contributed by atoms with E-state index in [1.807, 2.05) is 37.0 Å². The predicted molar refractivity (Wildman–Crippen MR) is 132 cm³/mol. The van der Waals surface area contributed by atoms with Gasteiger partial charge in [0.1, 0.15) is 17.2 Å². The Morgan fingerprint density at radius 2 is 1.78 bits per heavy atom. The molecular formula is C27H26FN3O5. The molecule has 0 bridgehead atoms. The molecule has 36 heavy (non-hydrogen) atoms. The van der Waals surface area contributed by atoms with E-state index < -0.39 is 17.4 Å². The van der Waals surface area contributed by atoms with Crippen LogP contribution in [-0.4, -0.2) is 71.0 Å². The van der Waals surface area contributed by atoms with Gasteiger partial charge in [-0.05, 0) is 55.8 Å². The molecule has 5 rings (SSSR count). The monoisotopic (exact) mass is 491 g/mol. The molecule has 9 heteroatoms. The third-order valence-corrected chi connectivity index (χ3v) is 6.72. The molecule has 3 aliphatic heterocycles. The number of anilines is 1. The quantitative estimate of drug-likeness (QED) is 0.638. The fourth-order valence-corrected chi connectivity index (χ4v) is 4.88. The second kappa shape index (κ2) is 8.91. The molecule has 3 heterocycles. The highest BCUT2D eigenvalue weighted by Crippen LogP contribution is 2.44. The summed E-state index contributed by atoms with van der Waals surface area (Å²) in [7, 11) is 0. The summed E-state index contributed by atoms with van der Waals surface area (Å²) in [4.78, 5) is 40.1. The van der Waals surface area contributed by atoms with Gasteiger partial charge in [0.05, 0.1) is 17.8 Å². The SMILES string of the molecule is CC1(C)O/C(=C2/C(=O)Nc3cc(F)ccc32)C=C1c1ccc(C(=O)N2CCN(CC(=O)O)CC2)cc1. The van der Waals surface area contributed by atoms with Crippen LogP contribution in [0, 0.1) is 5.82 Å². The fraction of sp³-hybridized carbons (Fsp3) is 0.296. The van der Waals surface area contributed by atoms with Gasteiger partial charge in [0.25, 0.3) is 11.8 Å². The van der Waals surface area contributed by atoms with Crippen LogP contribution in [0.1, 0.15) is 35.3 Å². The van der Waals surface area contributed by atoms with E-state index in [4.69, 9.17) is 9.84 Å². The zero-order chi connectivity index (χ0) is 25.6. The number of fused-ring (bicyclic) bond motifs is 1. The second-order valence-corrected chi connectivity index (χ2v) is 9.59. The summed E-state index contributed by atoms with van der Waals surface area (Å²) in [5.74, 6) is -1.33. The topological polar surface area (TPSA) is 99.2 Å². The van der Waals surface area contributed by atoms with Crippen molar-refractivity contribution in [2.45, 2.75) is 19.4 Å². The average molecular weight is 492 g/mol. The van der Waals surface area contributed by atoms with Gasteiger partial charge in [-0.3, -0.25) is 19.3 Å². The molecule has 0 aromatic heterocycles. The lowest BCUT2D eigenvalue weighted by Gasteiger charge is -2.33. The Morgan fingerprint density at radius 1 is 1.08 bits per heavy atom. The van der Waals surface area contributed by atoms with Crippen molar-refractivity contribution in [2.24, 2.45) is 0 Å². The average Bonchev–Trinajstić information content (AvgIpc) is 3.32. The number of carboxylic acids is 1. The van der Waals surface area contributed by atoms with E-state index in [1.54, 1.807) is 23.1 Å². The summed E-state index contributed by atoms with van der Waals surface area (Å²) in [6, 6.07) is 11.4. The number of hydrogen-bond acceptors (Lipinski definition) is 5. The Balaban J connectivity index is 1.37. The molecule has 2 aromatic carbocycles. The fourth-order valence-electron chi connectivity index (χ4n) is 4.88. The first kappa shape index (κ1) is 23.7. The number of carboxylic acid groups (broad SMARTS) is 1. The molecule has 0 unspecified atom stereocenters. The Morgan fingerprint density at radius 3 is 2.44 bits per heavy atom. The number of aliphatic carboxylic acids is 1. The minimum Gasteiger partial charge on any atom is -0.482 e. The van der Waals surface area contributed by atoms with Crippen LogP contribution in [0.5, 0.6) is 0 Å². The van der Waals surface area contributed by atoms with Gasteiger partial charge in [0.15, 0.2) is 0 Å². The van der Waals surface area contributed by atoms with Crippen LogP contribution in [0.4, 0.5) is 10.1 Å². The van der Waals surface area contributed by atoms with Crippen LogP contribution in [0.2, 0.25) is 0 Å². The summed E-state index contributed by atoms with van der Waals surface area (Å²) >= 11 is 0. The number of ether oxygens (including phenoxy) is 1. The van der Waals surface area contributed by atoms with Crippen LogP contribution >= 0.6 is 0 Å². The summed E-state index contributed by atoms with van der Waals surface area (Å²) in [5.41, 5.74) is 2.91. The van der Waals surface area contributed by atoms with Crippen LogP contribution in [0.25, 0.3) is 11.1 Å². The molecule has 2 aromatic rings. The van der Waals surface area contributed by atoms with Crippen LogP contribution < -0.4 is 5.32 Å². The van der Waals surface area contributed by atoms with E-state index in [0.29, 0.717) is 54.3 Å². The van der Waals surface area contributed by atoms with E-state index in [9.17, 15) is 18.8 Å². The predicted octanol–water partition coefficient (Wildman–Crippen LogP) is 3.22. The van der Waals surface area contributed by atoms with Gasteiger partial charge >= 0.3 is 5.97 Å². The Bertz CT molecular complexity index is 1320. The van der Waals surface area contributed by atoms with E-state index in [0.717, 1.165) is 11.1 Å². The number of amides is 2. The van der Waals surface area contributed by atoms with Crippen molar-refractivity contribution in [3.05, 3.63) is 76.8 Å². The van der Waals surface area contributed by atoms with Gasteiger partial charge in [-0.25, -0.2) is 4.39 Å². The lowest BCUT2D eigenvalue weighted by molar-refractivity contribution is -0.138. The van der Waals surface area contributed by atoms with E-state index >= 15 is 0 Å². The van der Waals surface area contributed by atoms with Crippen molar-refractivity contribution in [1.82, 2.24) is 9.80 Å². The number of nitrogens with zero attached hydrogens (tertiary/aromatic N) is 2. The summed E-state index contributed by atoms with van der Waals surface area (Å²) < 4.78 is 19.8. The number of piperazine rings is 1. The van der Waals surface area contributed by atoms with Crippen molar-refractivity contribution < 1.29 is 28.6 Å². The normalized spacial score (nSPS) is 21.0.